The number of aryl methyl sites for hydroxylation is 2. The molecule has 0 aliphatic rings. The van der Waals surface area contributed by atoms with E-state index in [1.807, 2.05) is 44.2 Å². The highest BCUT2D eigenvalue weighted by molar-refractivity contribution is 6.30. The molecule has 0 unspecified atom stereocenters. The number of anilines is 2. The molecule has 0 fully saturated rings. The van der Waals surface area contributed by atoms with E-state index in [1.165, 1.54) is 0 Å². The van der Waals surface area contributed by atoms with Gasteiger partial charge >= 0.3 is 0 Å². The molecule has 0 aliphatic heterocycles. The van der Waals surface area contributed by atoms with Crippen molar-refractivity contribution >= 4 is 35.4 Å². The van der Waals surface area contributed by atoms with Crippen LogP contribution in [-0.4, -0.2) is 22.1 Å². The fourth-order valence-corrected chi connectivity index (χ4v) is 2.57. The molecule has 0 atom stereocenters. The van der Waals surface area contributed by atoms with Crippen LogP contribution in [-0.2, 0) is 0 Å². The van der Waals surface area contributed by atoms with Crippen molar-refractivity contribution < 1.29 is 4.79 Å². The van der Waals surface area contributed by atoms with Crippen LogP contribution in [0.25, 0.3) is 0 Å². The Morgan fingerprint density at radius 3 is 2.44 bits per heavy atom. The Labute approximate surface area is 162 Å². The van der Waals surface area contributed by atoms with E-state index in [4.69, 9.17) is 11.6 Å². The summed E-state index contributed by atoms with van der Waals surface area (Å²) in [5, 5.41) is 7.60. The van der Waals surface area contributed by atoms with Crippen LogP contribution in [0.1, 0.15) is 27.3 Å². The number of nitrogens with zero attached hydrogens (tertiary/aromatic N) is 3. The number of hydrogen-bond donors (Lipinski definition) is 2. The second-order valence-electron chi connectivity index (χ2n) is 5.93. The Morgan fingerprint density at radius 1 is 1.04 bits per heavy atom. The Hall–Kier alpha value is -3.25. The Balaban J connectivity index is 1.66. The molecule has 0 saturated heterocycles. The molecule has 136 valence electrons. The topological polar surface area (TPSA) is 79.3 Å². The lowest BCUT2D eigenvalue weighted by Gasteiger charge is -2.06. The normalized spacial score (nSPS) is 10.8. The number of benzene rings is 2. The quantitative estimate of drug-likeness (QED) is 0.507. The van der Waals surface area contributed by atoms with Crippen molar-refractivity contribution in [3.63, 3.8) is 0 Å². The first-order chi connectivity index (χ1) is 13.0. The van der Waals surface area contributed by atoms with Gasteiger partial charge in [-0.1, -0.05) is 23.7 Å². The van der Waals surface area contributed by atoms with Crippen LogP contribution in [0.3, 0.4) is 0 Å². The van der Waals surface area contributed by atoms with Gasteiger partial charge in [0.15, 0.2) is 0 Å². The van der Waals surface area contributed by atoms with E-state index in [9.17, 15) is 4.79 Å². The SMILES string of the molecule is Cc1cc(C)nc(N/N=C/c2cccc(NC(=O)c3ccc(Cl)cc3)c2)n1. The molecule has 0 radical (unpaired) electrons. The van der Waals surface area contributed by atoms with Crippen LogP contribution < -0.4 is 10.7 Å². The molecule has 0 bridgehead atoms. The third kappa shape index (κ3) is 5.36. The van der Waals surface area contributed by atoms with Gasteiger partial charge in [0.1, 0.15) is 0 Å². The fourth-order valence-electron chi connectivity index (χ4n) is 2.44. The molecule has 3 rings (SSSR count). The van der Waals surface area contributed by atoms with Crippen LogP contribution in [0, 0.1) is 13.8 Å². The maximum Gasteiger partial charge on any atom is 0.255 e. The van der Waals surface area contributed by atoms with Crippen LogP contribution in [0.5, 0.6) is 0 Å². The zero-order valence-electron chi connectivity index (χ0n) is 14.9. The number of amides is 1. The molecule has 1 aromatic heterocycles. The minimum atomic E-state index is -0.206. The van der Waals surface area contributed by atoms with E-state index in [1.54, 1.807) is 30.5 Å². The first-order valence-electron chi connectivity index (χ1n) is 8.28. The number of carbonyl (C=O) groups excluding carboxylic acids is 1. The highest BCUT2D eigenvalue weighted by Crippen LogP contribution is 2.14. The molecule has 2 aromatic carbocycles. The molecule has 0 saturated carbocycles. The zero-order chi connectivity index (χ0) is 19.2. The highest BCUT2D eigenvalue weighted by Gasteiger charge is 2.06. The van der Waals surface area contributed by atoms with Gasteiger partial charge in [-0.2, -0.15) is 5.10 Å². The monoisotopic (exact) mass is 379 g/mol. The third-order valence-electron chi connectivity index (χ3n) is 3.61. The molecule has 7 heteroatoms. The van der Waals surface area contributed by atoms with Crippen molar-refractivity contribution in [2.45, 2.75) is 13.8 Å². The Morgan fingerprint density at radius 2 is 1.74 bits per heavy atom. The maximum absolute atomic E-state index is 12.3. The number of hydrazone groups is 1. The summed E-state index contributed by atoms with van der Waals surface area (Å²) in [7, 11) is 0. The number of nitrogens with one attached hydrogen (secondary N) is 2. The van der Waals surface area contributed by atoms with Gasteiger partial charge in [0.05, 0.1) is 6.21 Å². The molecule has 0 aliphatic carbocycles. The minimum absolute atomic E-state index is 0.206. The van der Waals surface area contributed by atoms with Crippen LogP contribution in [0.2, 0.25) is 5.02 Å². The van der Waals surface area contributed by atoms with Crippen molar-refractivity contribution in [2.24, 2.45) is 5.10 Å². The second kappa shape index (κ2) is 8.42. The lowest BCUT2D eigenvalue weighted by Crippen LogP contribution is -2.11. The van der Waals surface area contributed by atoms with E-state index >= 15 is 0 Å². The van der Waals surface area contributed by atoms with Gasteiger partial charge < -0.3 is 5.32 Å². The van der Waals surface area contributed by atoms with Gasteiger partial charge in [0.2, 0.25) is 5.95 Å². The van der Waals surface area contributed by atoms with Gasteiger partial charge in [-0.3, -0.25) is 4.79 Å². The molecule has 1 heterocycles. The number of halogens is 1. The molecule has 3 aromatic rings. The van der Waals surface area contributed by atoms with Crippen molar-refractivity contribution in [3.8, 4) is 0 Å². The molecule has 27 heavy (non-hydrogen) atoms. The molecule has 0 spiro atoms. The fraction of sp³-hybridized carbons (Fsp3) is 0.100. The highest BCUT2D eigenvalue weighted by atomic mass is 35.5. The van der Waals surface area contributed by atoms with Gasteiger partial charge in [-0.05, 0) is 61.9 Å². The summed E-state index contributed by atoms with van der Waals surface area (Å²) < 4.78 is 0. The molecule has 1 amide bonds. The third-order valence-corrected chi connectivity index (χ3v) is 3.86. The lowest BCUT2D eigenvalue weighted by molar-refractivity contribution is 0.102. The second-order valence-corrected chi connectivity index (χ2v) is 6.37. The Bertz CT molecular complexity index is 966. The summed E-state index contributed by atoms with van der Waals surface area (Å²) in [4.78, 5) is 20.8. The van der Waals surface area contributed by atoms with E-state index in [2.05, 4.69) is 25.8 Å². The van der Waals surface area contributed by atoms with Crippen molar-refractivity contribution in [1.82, 2.24) is 9.97 Å². The van der Waals surface area contributed by atoms with Gasteiger partial charge in [-0.25, -0.2) is 15.4 Å². The van der Waals surface area contributed by atoms with E-state index in [-0.39, 0.29) is 5.91 Å². The van der Waals surface area contributed by atoms with Crippen LogP contribution >= 0.6 is 11.6 Å². The van der Waals surface area contributed by atoms with Crippen molar-refractivity contribution in [1.29, 1.82) is 0 Å². The average molecular weight is 380 g/mol. The van der Waals surface area contributed by atoms with Gasteiger partial charge in [-0.15, -0.1) is 0 Å². The predicted octanol–water partition coefficient (Wildman–Crippen LogP) is 4.45. The minimum Gasteiger partial charge on any atom is -0.322 e. The van der Waals surface area contributed by atoms with Gasteiger partial charge in [0.25, 0.3) is 5.91 Å². The summed E-state index contributed by atoms with van der Waals surface area (Å²) >= 11 is 5.85. The van der Waals surface area contributed by atoms with E-state index in [0.717, 1.165) is 17.0 Å². The number of carbonyl (C=O) groups is 1. The number of rotatable bonds is 5. The summed E-state index contributed by atoms with van der Waals surface area (Å²) in [6.45, 7) is 3.80. The first-order valence-corrected chi connectivity index (χ1v) is 8.66. The summed E-state index contributed by atoms with van der Waals surface area (Å²) in [5.41, 5.74) is 6.57. The summed E-state index contributed by atoms with van der Waals surface area (Å²) in [5.74, 6) is 0.235. The average Bonchev–Trinajstić information content (AvgIpc) is 2.62. The molecular formula is C20H18ClN5O. The largest absolute Gasteiger partial charge is 0.322 e. The van der Waals surface area contributed by atoms with Crippen LogP contribution in [0.15, 0.2) is 59.7 Å². The smallest absolute Gasteiger partial charge is 0.255 e. The predicted molar refractivity (Wildman–Crippen MR) is 109 cm³/mol. The molecular weight excluding hydrogens is 362 g/mol. The number of aromatic nitrogens is 2. The van der Waals surface area contributed by atoms with Crippen molar-refractivity contribution in [2.75, 3.05) is 10.7 Å². The van der Waals surface area contributed by atoms with Gasteiger partial charge in [0, 0.05) is 27.7 Å². The maximum atomic E-state index is 12.3. The lowest BCUT2D eigenvalue weighted by atomic mass is 10.2. The number of hydrogen-bond acceptors (Lipinski definition) is 5. The first kappa shape index (κ1) is 18.5. The summed E-state index contributed by atoms with van der Waals surface area (Å²) in [6.07, 6.45) is 1.64. The van der Waals surface area contributed by atoms with E-state index in [0.29, 0.717) is 22.2 Å². The molecule has 2 N–H and O–H groups in total. The molecule has 6 nitrogen and oxygen atoms in total. The van der Waals surface area contributed by atoms with Crippen molar-refractivity contribution in [3.05, 3.63) is 82.1 Å². The summed E-state index contributed by atoms with van der Waals surface area (Å²) in [6, 6.07) is 16.0. The Kier molecular flexibility index (Phi) is 5.78. The zero-order valence-corrected chi connectivity index (χ0v) is 15.7. The van der Waals surface area contributed by atoms with Crippen LogP contribution in [0.4, 0.5) is 11.6 Å². The standard InChI is InChI=1S/C20H18ClN5O/c1-13-10-14(2)24-20(23-13)26-22-12-15-4-3-5-18(11-15)25-19(27)16-6-8-17(21)9-7-16/h3-12H,1-2H3,(H,25,27)(H,23,24,26)/b22-12+. The van der Waals surface area contributed by atoms with E-state index < -0.39 is 0 Å².